The number of hydrogen-bond acceptors (Lipinski definition) is 3. The van der Waals surface area contributed by atoms with E-state index in [2.05, 4.69) is 36.6 Å². The molecule has 1 aromatic carbocycles. The lowest BCUT2D eigenvalue weighted by Crippen LogP contribution is -2.46. The molecule has 0 saturated carbocycles. The SMILES string of the molecule is C#CCCN1CCN(c2ccc3cc(Br)c(F)cc3n2)CC1. The summed E-state index contributed by atoms with van der Waals surface area (Å²) in [7, 11) is 0. The van der Waals surface area contributed by atoms with Crippen LogP contribution in [0.2, 0.25) is 0 Å². The summed E-state index contributed by atoms with van der Waals surface area (Å²) in [5, 5.41) is 0.935. The molecule has 3 nitrogen and oxygen atoms in total. The van der Waals surface area contributed by atoms with Gasteiger partial charge < -0.3 is 4.90 Å². The molecule has 0 bridgehead atoms. The van der Waals surface area contributed by atoms with Crippen molar-refractivity contribution in [2.75, 3.05) is 37.6 Å². The fraction of sp³-hybridized carbons (Fsp3) is 0.353. The van der Waals surface area contributed by atoms with Crippen molar-refractivity contribution in [3.63, 3.8) is 0 Å². The van der Waals surface area contributed by atoms with Crippen LogP contribution in [0, 0.1) is 18.2 Å². The number of halogens is 2. The summed E-state index contributed by atoms with van der Waals surface area (Å²) in [5.41, 5.74) is 0.688. The summed E-state index contributed by atoms with van der Waals surface area (Å²) in [6, 6.07) is 7.24. The molecule has 0 amide bonds. The minimum atomic E-state index is -0.281. The average Bonchev–Trinajstić information content (AvgIpc) is 2.54. The minimum absolute atomic E-state index is 0.281. The fourth-order valence-corrected chi connectivity index (χ4v) is 3.07. The number of benzene rings is 1. The molecule has 2 aromatic rings. The summed E-state index contributed by atoms with van der Waals surface area (Å²) in [6.45, 7) is 4.76. The summed E-state index contributed by atoms with van der Waals surface area (Å²) < 4.78 is 14.1. The Bertz CT molecular complexity index is 718. The number of pyridine rings is 1. The van der Waals surface area contributed by atoms with Crippen LogP contribution in [0.15, 0.2) is 28.7 Å². The highest BCUT2D eigenvalue weighted by atomic mass is 79.9. The highest BCUT2D eigenvalue weighted by Crippen LogP contribution is 2.25. The first-order valence-corrected chi connectivity index (χ1v) is 8.13. The Labute approximate surface area is 138 Å². The van der Waals surface area contributed by atoms with Crippen molar-refractivity contribution in [1.29, 1.82) is 0 Å². The monoisotopic (exact) mass is 361 g/mol. The van der Waals surface area contributed by atoms with Crippen molar-refractivity contribution in [1.82, 2.24) is 9.88 Å². The molecule has 5 heteroatoms. The van der Waals surface area contributed by atoms with Gasteiger partial charge in [0.25, 0.3) is 0 Å². The van der Waals surface area contributed by atoms with E-state index in [1.807, 2.05) is 12.1 Å². The zero-order valence-corrected chi connectivity index (χ0v) is 13.8. The number of piperazine rings is 1. The number of terminal acetylenes is 1. The van der Waals surface area contributed by atoms with Gasteiger partial charge in [0.05, 0.1) is 9.99 Å². The van der Waals surface area contributed by atoms with Gasteiger partial charge in [-0.25, -0.2) is 9.37 Å². The van der Waals surface area contributed by atoms with Gasteiger partial charge in [-0.1, -0.05) is 0 Å². The van der Waals surface area contributed by atoms with Gasteiger partial charge in [-0.3, -0.25) is 4.90 Å². The standard InChI is InChI=1S/C17H17BrFN3/c1-2-3-6-21-7-9-22(10-8-21)17-5-4-13-11-14(18)15(19)12-16(13)20-17/h1,4-5,11-12H,3,6-10H2. The van der Waals surface area contributed by atoms with Crippen LogP contribution in [0.1, 0.15) is 6.42 Å². The Morgan fingerprint density at radius 2 is 2.00 bits per heavy atom. The third-order valence-corrected chi connectivity index (χ3v) is 4.59. The summed E-state index contributed by atoms with van der Waals surface area (Å²) >= 11 is 3.21. The molecule has 1 fully saturated rings. The Morgan fingerprint density at radius 1 is 1.23 bits per heavy atom. The third kappa shape index (κ3) is 3.23. The molecule has 0 aliphatic carbocycles. The third-order valence-electron chi connectivity index (χ3n) is 3.99. The lowest BCUT2D eigenvalue weighted by atomic mass is 10.2. The average molecular weight is 362 g/mol. The topological polar surface area (TPSA) is 19.4 Å². The van der Waals surface area contributed by atoms with Crippen molar-refractivity contribution in [2.45, 2.75) is 6.42 Å². The van der Waals surface area contributed by atoms with Gasteiger partial charge in [-0.15, -0.1) is 12.3 Å². The van der Waals surface area contributed by atoms with Crippen LogP contribution in [0.3, 0.4) is 0 Å². The minimum Gasteiger partial charge on any atom is -0.354 e. The maximum Gasteiger partial charge on any atom is 0.139 e. The first-order valence-electron chi connectivity index (χ1n) is 7.34. The molecule has 0 radical (unpaired) electrons. The summed E-state index contributed by atoms with van der Waals surface area (Å²) in [5.74, 6) is 3.31. The maximum atomic E-state index is 13.7. The Kier molecular flexibility index (Phi) is 4.60. The Morgan fingerprint density at radius 3 is 2.73 bits per heavy atom. The van der Waals surface area contributed by atoms with Crippen LogP contribution < -0.4 is 4.90 Å². The van der Waals surface area contributed by atoms with Crippen molar-refractivity contribution in [3.8, 4) is 12.3 Å². The first kappa shape index (κ1) is 15.3. The molecule has 0 N–H and O–H groups in total. The molecule has 1 aromatic heterocycles. The van der Waals surface area contributed by atoms with Gasteiger partial charge in [-0.05, 0) is 34.1 Å². The number of fused-ring (bicyclic) bond motifs is 1. The van der Waals surface area contributed by atoms with E-state index >= 15 is 0 Å². The van der Waals surface area contributed by atoms with Crippen LogP contribution in [0.25, 0.3) is 10.9 Å². The quantitative estimate of drug-likeness (QED) is 0.782. The van der Waals surface area contributed by atoms with E-state index in [-0.39, 0.29) is 5.82 Å². The Hall–Kier alpha value is -1.64. The van der Waals surface area contributed by atoms with E-state index in [4.69, 9.17) is 6.42 Å². The predicted octanol–water partition coefficient (Wildman–Crippen LogP) is 3.28. The summed E-state index contributed by atoms with van der Waals surface area (Å²) in [4.78, 5) is 9.21. The second-order valence-corrected chi connectivity index (χ2v) is 6.27. The lowest BCUT2D eigenvalue weighted by Gasteiger charge is -2.35. The van der Waals surface area contributed by atoms with Crippen LogP contribution in [-0.4, -0.2) is 42.6 Å². The summed E-state index contributed by atoms with van der Waals surface area (Å²) in [6.07, 6.45) is 6.10. The van der Waals surface area contributed by atoms with E-state index in [9.17, 15) is 4.39 Å². The number of hydrogen-bond donors (Lipinski definition) is 0. The van der Waals surface area contributed by atoms with Crippen LogP contribution in [-0.2, 0) is 0 Å². The van der Waals surface area contributed by atoms with Gasteiger partial charge in [0, 0.05) is 50.6 Å². The first-order chi connectivity index (χ1) is 10.7. The molecule has 0 atom stereocenters. The molecule has 0 unspecified atom stereocenters. The van der Waals surface area contributed by atoms with Crippen molar-refractivity contribution in [2.24, 2.45) is 0 Å². The normalized spacial score (nSPS) is 16.0. The lowest BCUT2D eigenvalue weighted by molar-refractivity contribution is 0.263. The molecule has 1 saturated heterocycles. The van der Waals surface area contributed by atoms with Gasteiger partial charge in [0.1, 0.15) is 11.6 Å². The molecule has 0 spiro atoms. The van der Waals surface area contributed by atoms with Gasteiger partial charge in [0.2, 0.25) is 0 Å². The van der Waals surface area contributed by atoms with E-state index in [1.165, 1.54) is 6.07 Å². The number of aromatic nitrogens is 1. The van der Waals surface area contributed by atoms with E-state index in [1.54, 1.807) is 6.07 Å². The molecule has 114 valence electrons. The molecule has 1 aliphatic rings. The molecular formula is C17H17BrFN3. The number of anilines is 1. The molecular weight excluding hydrogens is 345 g/mol. The molecule has 2 heterocycles. The van der Waals surface area contributed by atoms with Crippen molar-refractivity contribution in [3.05, 3.63) is 34.6 Å². The van der Waals surface area contributed by atoms with E-state index < -0.39 is 0 Å². The van der Waals surface area contributed by atoms with Gasteiger partial charge >= 0.3 is 0 Å². The molecule has 3 rings (SSSR count). The van der Waals surface area contributed by atoms with Gasteiger partial charge in [-0.2, -0.15) is 0 Å². The van der Waals surface area contributed by atoms with E-state index in [0.29, 0.717) is 9.99 Å². The van der Waals surface area contributed by atoms with Gasteiger partial charge in [0.15, 0.2) is 0 Å². The Balaban J connectivity index is 1.75. The van der Waals surface area contributed by atoms with Crippen LogP contribution in [0.4, 0.5) is 10.2 Å². The molecule has 22 heavy (non-hydrogen) atoms. The highest BCUT2D eigenvalue weighted by Gasteiger charge is 2.17. The number of nitrogens with zero attached hydrogens (tertiary/aromatic N) is 3. The zero-order valence-electron chi connectivity index (χ0n) is 12.2. The zero-order chi connectivity index (χ0) is 15.5. The highest BCUT2D eigenvalue weighted by molar-refractivity contribution is 9.10. The fourth-order valence-electron chi connectivity index (χ4n) is 2.71. The van der Waals surface area contributed by atoms with E-state index in [0.717, 1.165) is 50.3 Å². The predicted molar refractivity (Wildman–Crippen MR) is 91.5 cm³/mol. The number of rotatable bonds is 3. The van der Waals surface area contributed by atoms with Crippen molar-refractivity contribution < 1.29 is 4.39 Å². The smallest absolute Gasteiger partial charge is 0.139 e. The second kappa shape index (κ2) is 6.64. The van der Waals surface area contributed by atoms with Crippen molar-refractivity contribution >= 4 is 32.7 Å². The maximum absolute atomic E-state index is 13.7. The molecule has 1 aliphatic heterocycles. The van der Waals surface area contributed by atoms with Crippen LogP contribution in [0.5, 0.6) is 0 Å². The second-order valence-electron chi connectivity index (χ2n) is 5.41. The van der Waals surface area contributed by atoms with Crippen LogP contribution >= 0.6 is 15.9 Å². The largest absolute Gasteiger partial charge is 0.354 e.